The van der Waals surface area contributed by atoms with Gasteiger partial charge in [-0.15, -0.1) is 4.68 Å². The zero-order valence-electron chi connectivity index (χ0n) is 26.2. The second-order valence-electron chi connectivity index (χ2n) is 13.9. The Kier molecular flexibility index (Phi) is 5.01. The van der Waals surface area contributed by atoms with E-state index in [2.05, 4.69) is 157 Å². The molecule has 7 aromatic rings. The average molecular weight is 597 g/mol. The molecule has 0 amide bonds. The summed E-state index contributed by atoms with van der Waals surface area (Å²) >= 11 is 0. The SMILES string of the molecule is CC12Cc3c(n([N+]4=C(c5cccc6c5oc5ccccc56)NC4c4ccccc4)c4ccccc34)C=C1c1ccccc1C2(C)C. The summed E-state index contributed by atoms with van der Waals surface area (Å²) in [6, 6.07) is 43.6. The Balaban J connectivity index is 1.29. The molecule has 3 heterocycles. The molecule has 1 N–H and O–H groups in total. The lowest BCUT2D eigenvalue weighted by molar-refractivity contribution is -0.655. The van der Waals surface area contributed by atoms with Crippen molar-refractivity contribution in [3.05, 3.63) is 155 Å². The van der Waals surface area contributed by atoms with Gasteiger partial charge in [-0.2, -0.15) is 4.68 Å². The third-order valence-electron chi connectivity index (χ3n) is 11.4. The Morgan fingerprint density at radius 1 is 0.717 bits per heavy atom. The normalized spacial score (nSPS) is 21.1. The number of aromatic nitrogens is 1. The van der Waals surface area contributed by atoms with Gasteiger partial charge in [-0.1, -0.05) is 124 Å². The maximum atomic E-state index is 6.57. The van der Waals surface area contributed by atoms with Gasteiger partial charge in [-0.05, 0) is 53.0 Å². The first-order valence-electron chi connectivity index (χ1n) is 16.3. The molecule has 0 saturated heterocycles. The number of hydrogen-bond acceptors (Lipinski definition) is 2. The fourth-order valence-corrected chi connectivity index (χ4v) is 8.64. The minimum absolute atomic E-state index is 0.00935. The van der Waals surface area contributed by atoms with Gasteiger partial charge < -0.3 is 4.42 Å². The Bertz CT molecular complexity index is 2470. The first-order valence-corrected chi connectivity index (χ1v) is 16.3. The number of allylic oxidation sites excluding steroid dienone is 1. The lowest BCUT2D eigenvalue weighted by Crippen LogP contribution is -2.55. The van der Waals surface area contributed by atoms with E-state index in [9.17, 15) is 0 Å². The molecule has 0 bridgehead atoms. The molecule has 4 heteroatoms. The molecule has 3 aliphatic rings. The quantitative estimate of drug-likeness (QED) is 0.206. The van der Waals surface area contributed by atoms with Crippen LogP contribution in [0, 0.1) is 5.41 Å². The van der Waals surface area contributed by atoms with E-state index >= 15 is 0 Å². The Labute approximate surface area is 267 Å². The van der Waals surface area contributed by atoms with Crippen LogP contribution >= 0.6 is 0 Å². The third kappa shape index (κ3) is 3.16. The smallest absolute Gasteiger partial charge is 0.312 e. The van der Waals surface area contributed by atoms with E-state index in [0.29, 0.717) is 0 Å². The van der Waals surface area contributed by atoms with Gasteiger partial charge in [0.15, 0.2) is 5.58 Å². The van der Waals surface area contributed by atoms with Gasteiger partial charge in [0.05, 0.1) is 11.2 Å². The molecular formula is C42H34N3O+. The first-order chi connectivity index (χ1) is 22.5. The Morgan fingerprint density at radius 3 is 2.28 bits per heavy atom. The van der Waals surface area contributed by atoms with E-state index in [1.807, 2.05) is 6.07 Å². The highest BCUT2D eigenvalue weighted by Crippen LogP contribution is 2.62. The summed E-state index contributed by atoms with van der Waals surface area (Å²) in [7, 11) is 0. The molecule has 222 valence electrons. The van der Waals surface area contributed by atoms with Crippen LogP contribution in [0.5, 0.6) is 0 Å². The topological polar surface area (TPSA) is 33.1 Å². The van der Waals surface area contributed by atoms with Crippen LogP contribution in [0.15, 0.2) is 126 Å². The summed E-state index contributed by atoms with van der Waals surface area (Å²) in [5.74, 6) is 1.04. The first kappa shape index (κ1) is 25.9. The lowest BCUT2D eigenvalue weighted by Gasteiger charge is -2.42. The van der Waals surface area contributed by atoms with Gasteiger partial charge in [0.2, 0.25) is 0 Å². The summed E-state index contributed by atoms with van der Waals surface area (Å²) in [4.78, 5) is 0. The van der Waals surface area contributed by atoms with Crippen molar-refractivity contribution in [3.8, 4) is 0 Å². The van der Waals surface area contributed by atoms with Crippen molar-refractivity contribution in [3.63, 3.8) is 0 Å². The average Bonchev–Trinajstić information content (AvgIpc) is 3.65. The summed E-state index contributed by atoms with van der Waals surface area (Å²) in [6.45, 7) is 7.34. The van der Waals surface area contributed by atoms with E-state index in [1.165, 1.54) is 44.4 Å². The number of para-hydroxylation sites is 3. The van der Waals surface area contributed by atoms with Crippen LogP contribution in [0.2, 0.25) is 0 Å². The molecule has 2 aromatic heterocycles. The van der Waals surface area contributed by atoms with Crippen molar-refractivity contribution in [2.75, 3.05) is 0 Å². The number of hydrogen-bond donors (Lipinski definition) is 1. The number of furan rings is 1. The predicted octanol–water partition coefficient (Wildman–Crippen LogP) is 9.46. The molecule has 0 fully saturated rings. The second-order valence-corrected chi connectivity index (χ2v) is 13.9. The highest BCUT2D eigenvalue weighted by Gasteiger charge is 2.54. The minimum Gasteiger partial charge on any atom is -0.455 e. The van der Waals surface area contributed by atoms with Crippen LogP contribution in [0.3, 0.4) is 0 Å². The zero-order chi connectivity index (χ0) is 30.8. The van der Waals surface area contributed by atoms with E-state index in [1.54, 1.807) is 0 Å². The van der Waals surface area contributed by atoms with Crippen LogP contribution in [0.4, 0.5) is 0 Å². The van der Waals surface area contributed by atoms with Crippen LogP contribution < -0.4 is 5.32 Å². The molecule has 2 atom stereocenters. The van der Waals surface area contributed by atoms with Gasteiger partial charge in [0.1, 0.15) is 11.1 Å². The summed E-state index contributed by atoms with van der Waals surface area (Å²) < 4.78 is 11.5. The fourth-order valence-electron chi connectivity index (χ4n) is 8.64. The van der Waals surface area contributed by atoms with E-state index < -0.39 is 0 Å². The van der Waals surface area contributed by atoms with Gasteiger partial charge in [0.25, 0.3) is 6.17 Å². The van der Waals surface area contributed by atoms with Gasteiger partial charge in [0, 0.05) is 32.6 Å². The fraction of sp³-hybridized carbons (Fsp3) is 0.167. The van der Waals surface area contributed by atoms with Crippen LogP contribution in [0.25, 0.3) is 44.5 Å². The Morgan fingerprint density at radius 2 is 1.41 bits per heavy atom. The maximum Gasteiger partial charge on any atom is 0.312 e. The number of rotatable bonds is 3. The van der Waals surface area contributed by atoms with Crippen molar-refractivity contribution < 1.29 is 9.10 Å². The van der Waals surface area contributed by atoms with Crippen molar-refractivity contribution in [2.45, 2.75) is 38.8 Å². The Hall–Kier alpha value is -5.35. The van der Waals surface area contributed by atoms with Crippen molar-refractivity contribution in [1.82, 2.24) is 9.99 Å². The number of fused-ring (bicyclic) bond motifs is 9. The molecule has 2 aliphatic carbocycles. The zero-order valence-corrected chi connectivity index (χ0v) is 26.2. The monoisotopic (exact) mass is 596 g/mol. The predicted molar refractivity (Wildman–Crippen MR) is 187 cm³/mol. The van der Waals surface area contributed by atoms with Crippen molar-refractivity contribution in [2.24, 2.45) is 5.41 Å². The number of nitrogens with zero attached hydrogens (tertiary/aromatic N) is 2. The highest BCUT2D eigenvalue weighted by molar-refractivity contribution is 6.14. The number of benzene rings is 5. The highest BCUT2D eigenvalue weighted by atomic mass is 16.3. The molecule has 0 radical (unpaired) electrons. The van der Waals surface area contributed by atoms with Gasteiger partial charge in [-0.25, -0.2) is 5.32 Å². The molecule has 0 spiro atoms. The van der Waals surface area contributed by atoms with E-state index in [-0.39, 0.29) is 17.0 Å². The van der Waals surface area contributed by atoms with E-state index in [0.717, 1.165) is 39.8 Å². The second kappa shape index (κ2) is 8.88. The third-order valence-corrected chi connectivity index (χ3v) is 11.4. The van der Waals surface area contributed by atoms with Gasteiger partial charge >= 0.3 is 5.84 Å². The number of nitrogens with one attached hydrogen (secondary N) is 1. The van der Waals surface area contributed by atoms with Crippen molar-refractivity contribution >= 4 is 50.3 Å². The minimum atomic E-state index is -0.0465. The standard InChI is InChI=1S/C42H33N3O/c1-41(2)33-21-10-7-18-30(33)34-24-36-32(25-42(34,41)3)27-16-8-11-22-35(27)44(36)45-39(26-14-5-4-6-15-26)43-40(45)31-20-13-19-29-28-17-9-12-23-37(28)46-38(29)31/h4-24,39H,25H2,1-3H3/p+1. The molecule has 46 heavy (non-hydrogen) atoms. The number of amidine groups is 1. The summed E-state index contributed by atoms with van der Waals surface area (Å²) in [6.07, 6.45) is 3.44. The van der Waals surface area contributed by atoms with Gasteiger partial charge in [-0.3, -0.25) is 0 Å². The molecular weight excluding hydrogens is 562 g/mol. The lowest BCUT2D eigenvalue weighted by atomic mass is 9.61. The molecule has 5 aromatic carbocycles. The molecule has 2 unspecified atom stereocenters. The molecule has 0 saturated carbocycles. The van der Waals surface area contributed by atoms with Crippen LogP contribution in [-0.2, 0) is 11.8 Å². The largest absolute Gasteiger partial charge is 0.455 e. The van der Waals surface area contributed by atoms with Crippen LogP contribution in [0.1, 0.15) is 60.4 Å². The van der Waals surface area contributed by atoms with Crippen LogP contribution in [-0.4, -0.2) is 15.2 Å². The summed E-state index contributed by atoms with van der Waals surface area (Å²) in [5, 5.41) is 7.47. The molecule has 10 rings (SSSR count). The summed E-state index contributed by atoms with van der Waals surface area (Å²) in [5.41, 5.74) is 12.3. The molecule has 4 nitrogen and oxygen atoms in total. The van der Waals surface area contributed by atoms with Crippen molar-refractivity contribution in [1.29, 1.82) is 0 Å². The molecule has 1 aliphatic heterocycles. The maximum absolute atomic E-state index is 6.57. The van der Waals surface area contributed by atoms with E-state index in [4.69, 9.17) is 4.42 Å².